The Hall–Kier alpha value is -2.54. The smallest absolute Gasteiger partial charge is 0.261 e. The van der Waals surface area contributed by atoms with E-state index in [9.17, 15) is 18.8 Å². The Labute approximate surface area is 158 Å². The first kappa shape index (κ1) is 18.3. The number of imide groups is 1. The second-order valence-electron chi connectivity index (χ2n) is 5.82. The van der Waals surface area contributed by atoms with Crippen LogP contribution >= 0.6 is 15.9 Å². The third kappa shape index (κ3) is 3.39. The first-order chi connectivity index (χ1) is 12.4. The third-order valence-electron chi connectivity index (χ3n) is 4.24. The van der Waals surface area contributed by atoms with Gasteiger partial charge in [0.2, 0.25) is 5.91 Å². The number of fused-ring (bicyclic) bond motifs is 1. The van der Waals surface area contributed by atoms with E-state index in [1.807, 2.05) is 0 Å². The molecule has 2 aromatic carbocycles. The number of carbonyl (C=O) groups excluding carboxylic acids is 3. The van der Waals surface area contributed by atoms with E-state index in [1.165, 1.54) is 29.2 Å². The van der Waals surface area contributed by atoms with Crippen LogP contribution in [0.1, 0.15) is 34.1 Å². The molecule has 3 rings (SSSR count). The standard InChI is InChI=1S/C19H16BrFN2O3/c1-2-22(14-6-4-13(21)5-7-14)17(24)9-10-23-18(25)15-8-3-12(20)11-16(15)19(23)26/h3-8,11H,2,9-10H2,1H3. The maximum Gasteiger partial charge on any atom is 0.261 e. The van der Waals surface area contributed by atoms with E-state index in [2.05, 4.69) is 15.9 Å². The van der Waals surface area contributed by atoms with Crippen LogP contribution in [0.15, 0.2) is 46.9 Å². The fraction of sp³-hybridized carbons (Fsp3) is 0.211. The number of hydrogen-bond acceptors (Lipinski definition) is 3. The molecule has 0 radical (unpaired) electrons. The Morgan fingerprint density at radius 3 is 2.38 bits per heavy atom. The average molecular weight is 419 g/mol. The van der Waals surface area contributed by atoms with E-state index >= 15 is 0 Å². The van der Waals surface area contributed by atoms with Crippen LogP contribution in [0.3, 0.4) is 0 Å². The molecule has 7 heteroatoms. The molecule has 0 bridgehead atoms. The maximum absolute atomic E-state index is 13.1. The van der Waals surface area contributed by atoms with Gasteiger partial charge >= 0.3 is 0 Å². The first-order valence-corrected chi connectivity index (χ1v) is 8.93. The monoisotopic (exact) mass is 418 g/mol. The van der Waals surface area contributed by atoms with Crippen molar-refractivity contribution in [2.75, 3.05) is 18.0 Å². The summed E-state index contributed by atoms with van der Waals surface area (Å²) in [5, 5.41) is 0. The summed E-state index contributed by atoms with van der Waals surface area (Å²) < 4.78 is 13.8. The molecule has 1 heterocycles. The second-order valence-corrected chi connectivity index (χ2v) is 6.73. The average Bonchev–Trinajstić information content (AvgIpc) is 2.85. The van der Waals surface area contributed by atoms with Gasteiger partial charge in [-0.3, -0.25) is 19.3 Å². The van der Waals surface area contributed by atoms with Gasteiger partial charge in [0.05, 0.1) is 11.1 Å². The van der Waals surface area contributed by atoms with E-state index < -0.39 is 11.8 Å². The number of hydrogen-bond donors (Lipinski definition) is 0. The maximum atomic E-state index is 13.1. The van der Waals surface area contributed by atoms with Gasteiger partial charge in [0.1, 0.15) is 5.82 Å². The highest BCUT2D eigenvalue weighted by molar-refractivity contribution is 9.10. The Morgan fingerprint density at radius 2 is 1.73 bits per heavy atom. The van der Waals surface area contributed by atoms with E-state index in [0.29, 0.717) is 27.8 Å². The lowest BCUT2D eigenvalue weighted by Gasteiger charge is -2.22. The Bertz CT molecular complexity index is 883. The van der Waals surface area contributed by atoms with Crippen molar-refractivity contribution in [1.29, 1.82) is 0 Å². The van der Waals surface area contributed by atoms with Gasteiger partial charge in [0, 0.05) is 29.7 Å². The van der Waals surface area contributed by atoms with Crippen molar-refractivity contribution in [3.8, 4) is 0 Å². The van der Waals surface area contributed by atoms with Gasteiger partial charge < -0.3 is 4.90 Å². The molecule has 0 N–H and O–H groups in total. The lowest BCUT2D eigenvalue weighted by molar-refractivity contribution is -0.118. The molecule has 0 fully saturated rings. The molecule has 5 nitrogen and oxygen atoms in total. The quantitative estimate of drug-likeness (QED) is 0.696. The van der Waals surface area contributed by atoms with Crippen molar-refractivity contribution >= 4 is 39.3 Å². The zero-order valence-corrected chi connectivity index (χ0v) is 15.6. The molecule has 0 saturated heterocycles. The van der Waals surface area contributed by atoms with E-state index in [1.54, 1.807) is 25.1 Å². The fourth-order valence-electron chi connectivity index (χ4n) is 2.93. The van der Waals surface area contributed by atoms with Crippen molar-refractivity contribution in [1.82, 2.24) is 4.90 Å². The summed E-state index contributed by atoms with van der Waals surface area (Å²) >= 11 is 3.28. The largest absolute Gasteiger partial charge is 0.313 e. The van der Waals surface area contributed by atoms with Crippen LogP contribution in [0.2, 0.25) is 0 Å². The van der Waals surface area contributed by atoms with Gasteiger partial charge in [-0.15, -0.1) is 0 Å². The van der Waals surface area contributed by atoms with Crippen molar-refractivity contribution in [2.24, 2.45) is 0 Å². The zero-order valence-electron chi connectivity index (χ0n) is 14.0. The molecular formula is C19H16BrFN2O3. The van der Waals surface area contributed by atoms with Crippen LogP contribution < -0.4 is 4.90 Å². The predicted octanol–water partition coefficient (Wildman–Crippen LogP) is 3.63. The van der Waals surface area contributed by atoms with E-state index in [0.717, 1.165) is 4.90 Å². The summed E-state index contributed by atoms with van der Waals surface area (Å²) in [5.74, 6) is -1.41. The van der Waals surface area contributed by atoms with Crippen LogP contribution in [-0.2, 0) is 4.79 Å². The molecular weight excluding hydrogens is 403 g/mol. The Morgan fingerprint density at radius 1 is 1.08 bits per heavy atom. The molecule has 26 heavy (non-hydrogen) atoms. The molecule has 0 saturated carbocycles. The Kier molecular flexibility index (Phi) is 5.18. The highest BCUT2D eigenvalue weighted by Gasteiger charge is 2.35. The van der Waals surface area contributed by atoms with Crippen LogP contribution in [-0.4, -0.2) is 35.7 Å². The van der Waals surface area contributed by atoms with Gasteiger partial charge in [-0.2, -0.15) is 0 Å². The number of amides is 3. The highest BCUT2D eigenvalue weighted by atomic mass is 79.9. The van der Waals surface area contributed by atoms with Crippen molar-refractivity contribution in [3.05, 3.63) is 63.9 Å². The molecule has 0 spiro atoms. The number of benzene rings is 2. The van der Waals surface area contributed by atoms with Crippen LogP contribution in [0, 0.1) is 5.82 Å². The van der Waals surface area contributed by atoms with E-state index in [-0.39, 0.29) is 24.7 Å². The molecule has 1 aliphatic heterocycles. The lowest BCUT2D eigenvalue weighted by Crippen LogP contribution is -2.36. The first-order valence-electron chi connectivity index (χ1n) is 8.14. The number of nitrogens with zero attached hydrogens (tertiary/aromatic N) is 2. The normalized spacial score (nSPS) is 13.1. The second kappa shape index (κ2) is 7.37. The summed E-state index contributed by atoms with van der Waals surface area (Å²) in [5.41, 5.74) is 1.25. The van der Waals surface area contributed by atoms with Gasteiger partial charge in [-0.05, 0) is 49.4 Å². The number of halogens is 2. The van der Waals surface area contributed by atoms with Crippen molar-refractivity contribution < 1.29 is 18.8 Å². The van der Waals surface area contributed by atoms with E-state index in [4.69, 9.17) is 0 Å². The molecule has 134 valence electrons. The van der Waals surface area contributed by atoms with Gasteiger partial charge in [0.25, 0.3) is 11.8 Å². The minimum absolute atomic E-state index is 0.000490. The molecule has 0 aromatic heterocycles. The Balaban J connectivity index is 1.70. The predicted molar refractivity (Wildman–Crippen MR) is 98.6 cm³/mol. The fourth-order valence-corrected chi connectivity index (χ4v) is 3.29. The third-order valence-corrected chi connectivity index (χ3v) is 4.73. The topological polar surface area (TPSA) is 57.7 Å². The molecule has 2 aromatic rings. The van der Waals surface area contributed by atoms with Crippen LogP contribution in [0.4, 0.5) is 10.1 Å². The molecule has 3 amide bonds. The number of carbonyl (C=O) groups is 3. The summed E-state index contributed by atoms with van der Waals surface area (Å²) in [7, 11) is 0. The van der Waals surface area contributed by atoms with Gasteiger partial charge in [-0.25, -0.2) is 4.39 Å². The zero-order chi connectivity index (χ0) is 18.8. The summed E-state index contributed by atoms with van der Waals surface area (Å²) in [6.07, 6.45) is -0.00213. The minimum Gasteiger partial charge on any atom is -0.313 e. The van der Waals surface area contributed by atoms with Gasteiger partial charge in [0.15, 0.2) is 0 Å². The lowest BCUT2D eigenvalue weighted by atomic mass is 10.1. The minimum atomic E-state index is -0.399. The van der Waals surface area contributed by atoms with Gasteiger partial charge in [-0.1, -0.05) is 15.9 Å². The SMILES string of the molecule is CCN(C(=O)CCN1C(=O)c2ccc(Br)cc2C1=O)c1ccc(F)cc1. The molecule has 0 atom stereocenters. The molecule has 0 unspecified atom stereocenters. The molecule has 1 aliphatic rings. The van der Waals surface area contributed by atoms with Crippen LogP contribution in [0.5, 0.6) is 0 Å². The van der Waals surface area contributed by atoms with Crippen molar-refractivity contribution in [2.45, 2.75) is 13.3 Å². The van der Waals surface area contributed by atoms with Crippen LogP contribution in [0.25, 0.3) is 0 Å². The summed E-state index contributed by atoms with van der Waals surface area (Å²) in [6.45, 7) is 2.21. The number of anilines is 1. The van der Waals surface area contributed by atoms with Crippen molar-refractivity contribution in [3.63, 3.8) is 0 Å². The number of rotatable bonds is 5. The summed E-state index contributed by atoms with van der Waals surface area (Å²) in [6, 6.07) is 10.5. The highest BCUT2D eigenvalue weighted by Crippen LogP contribution is 2.26. The molecule has 0 aliphatic carbocycles. The summed E-state index contributed by atoms with van der Waals surface area (Å²) in [4.78, 5) is 40.0.